The summed E-state index contributed by atoms with van der Waals surface area (Å²) in [5.41, 5.74) is 1.52. The number of H-pyrrole nitrogens is 1. The van der Waals surface area contributed by atoms with Gasteiger partial charge in [0.2, 0.25) is 5.82 Å². The van der Waals surface area contributed by atoms with E-state index in [0.29, 0.717) is 17.1 Å². The lowest BCUT2D eigenvalue weighted by Crippen LogP contribution is -1.86. The minimum atomic E-state index is 0.238. The summed E-state index contributed by atoms with van der Waals surface area (Å²) in [6.45, 7) is 0. The van der Waals surface area contributed by atoms with Crippen molar-refractivity contribution in [2.75, 3.05) is 7.11 Å². The molecule has 7 nitrogen and oxygen atoms in total. The quantitative estimate of drug-likeness (QED) is 0.783. The van der Waals surface area contributed by atoms with Crippen LogP contribution in [0.1, 0.15) is 5.69 Å². The summed E-state index contributed by atoms with van der Waals surface area (Å²) in [4.78, 5) is 4.28. The van der Waals surface area contributed by atoms with E-state index in [1.165, 1.54) is 6.20 Å². The van der Waals surface area contributed by atoms with Crippen molar-refractivity contribution < 1.29 is 9.26 Å². The summed E-state index contributed by atoms with van der Waals surface area (Å²) in [5.74, 6) is 1.37. The number of halogens is 1. The number of nitrogens with zero attached hydrogens (tertiary/aromatic N) is 4. The molecule has 0 saturated carbocycles. The van der Waals surface area contributed by atoms with Gasteiger partial charge in [-0.25, -0.2) is 0 Å². The first kappa shape index (κ1) is 13.3. The highest BCUT2D eigenvalue weighted by Gasteiger charge is 2.16. The maximum absolute atomic E-state index is 8.96. The van der Waals surface area contributed by atoms with Gasteiger partial charge in [-0.3, -0.25) is 5.10 Å². The molecule has 104 valence electrons. The van der Waals surface area contributed by atoms with Gasteiger partial charge >= 0.3 is 0 Å². The fourth-order valence-electron chi connectivity index (χ4n) is 1.79. The molecule has 0 saturated heterocycles. The molecule has 3 rings (SSSR count). The van der Waals surface area contributed by atoms with E-state index >= 15 is 0 Å². The van der Waals surface area contributed by atoms with Crippen molar-refractivity contribution in [3.05, 3.63) is 34.6 Å². The van der Waals surface area contributed by atoms with Crippen LogP contribution in [0, 0.1) is 11.3 Å². The molecule has 0 amide bonds. The SMILES string of the molecule is COc1ccc(-c2noc(-c3cn[nH]c3C#N)n2)cc1Br. The molecule has 8 heteroatoms. The second-order valence-corrected chi connectivity index (χ2v) is 4.90. The average molecular weight is 346 g/mol. The first-order chi connectivity index (χ1) is 10.2. The first-order valence-electron chi connectivity index (χ1n) is 5.84. The molecule has 0 fully saturated rings. The lowest BCUT2D eigenvalue weighted by molar-refractivity contribution is 0.412. The van der Waals surface area contributed by atoms with Crippen LogP contribution in [0.15, 0.2) is 33.4 Å². The minimum absolute atomic E-state index is 0.238. The Labute approximate surface area is 127 Å². The highest BCUT2D eigenvalue weighted by Crippen LogP contribution is 2.30. The van der Waals surface area contributed by atoms with Crippen molar-refractivity contribution in [3.8, 4) is 34.7 Å². The predicted molar refractivity (Wildman–Crippen MR) is 76.3 cm³/mol. The van der Waals surface area contributed by atoms with Gasteiger partial charge in [0.05, 0.1) is 23.3 Å². The Morgan fingerprint density at radius 2 is 2.29 bits per heavy atom. The molecular weight excluding hydrogens is 338 g/mol. The Bertz CT molecular complexity index is 833. The van der Waals surface area contributed by atoms with Gasteiger partial charge in [-0.2, -0.15) is 15.3 Å². The van der Waals surface area contributed by atoms with Crippen molar-refractivity contribution in [3.63, 3.8) is 0 Å². The Hall–Kier alpha value is -2.66. The zero-order valence-corrected chi connectivity index (χ0v) is 12.4. The van der Waals surface area contributed by atoms with Crippen LogP contribution in [-0.4, -0.2) is 27.4 Å². The molecule has 1 N–H and O–H groups in total. The number of aromatic amines is 1. The van der Waals surface area contributed by atoms with Crippen LogP contribution in [0.4, 0.5) is 0 Å². The number of aromatic nitrogens is 4. The van der Waals surface area contributed by atoms with Gasteiger partial charge in [-0.05, 0) is 34.1 Å². The summed E-state index contributed by atoms with van der Waals surface area (Å²) in [6, 6.07) is 7.42. The molecule has 0 aliphatic rings. The van der Waals surface area contributed by atoms with E-state index in [1.54, 1.807) is 13.2 Å². The van der Waals surface area contributed by atoms with Crippen molar-refractivity contribution in [1.82, 2.24) is 20.3 Å². The number of rotatable bonds is 3. The standard InChI is InChI=1S/C13H8BrN5O2/c1-20-11-3-2-7(4-9(11)14)12-17-13(21-19-12)8-6-16-18-10(8)5-15/h2-4,6H,1H3,(H,16,18). The fourth-order valence-corrected chi connectivity index (χ4v) is 2.33. The molecule has 0 unspecified atom stereocenters. The van der Waals surface area contributed by atoms with Gasteiger partial charge < -0.3 is 9.26 Å². The van der Waals surface area contributed by atoms with Gasteiger partial charge in [0, 0.05) is 5.56 Å². The smallest absolute Gasteiger partial charge is 0.262 e. The van der Waals surface area contributed by atoms with E-state index in [1.807, 2.05) is 18.2 Å². The van der Waals surface area contributed by atoms with Crippen LogP contribution in [0.3, 0.4) is 0 Å². The van der Waals surface area contributed by atoms with Gasteiger partial charge in [0.1, 0.15) is 17.5 Å². The van der Waals surface area contributed by atoms with Crippen LogP contribution < -0.4 is 4.74 Å². The predicted octanol–water partition coefficient (Wildman–Crippen LogP) is 2.77. The highest BCUT2D eigenvalue weighted by molar-refractivity contribution is 9.10. The number of methoxy groups -OCH3 is 1. The lowest BCUT2D eigenvalue weighted by atomic mass is 10.2. The van der Waals surface area contributed by atoms with Gasteiger partial charge in [-0.1, -0.05) is 5.16 Å². The number of nitrogens with one attached hydrogen (secondary N) is 1. The van der Waals surface area contributed by atoms with E-state index in [0.717, 1.165) is 10.0 Å². The zero-order valence-electron chi connectivity index (χ0n) is 10.8. The van der Waals surface area contributed by atoms with Crippen molar-refractivity contribution in [1.29, 1.82) is 5.26 Å². The van der Waals surface area contributed by atoms with E-state index in [9.17, 15) is 0 Å². The summed E-state index contributed by atoms with van der Waals surface area (Å²) >= 11 is 3.40. The molecule has 2 heterocycles. The lowest BCUT2D eigenvalue weighted by Gasteiger charge is -2.03. The van der Waals surface area contributed by atoms with Crippen molar-refractivity contribution >= 4 is 15.9 Å². The van der Waals surface area contributed by atoms with Gasteiger partial charge in [0.15, 0.2) is 0 Å². The summed E-state index contributed by atoms with van der Waals surface area (Å²) in [5, 5.41) is 19.2. The summed E-state index contributed by atoms with van der Waals surface area (Å²) in [6.07, 6.45) is 1.47. The number of ether oxygens (including phenoxy) is 1. The molecule has 0 spiro atoms. The van der Waals surface area contributed by atoms with E-state index < -0.39 is 0 Å². The molecule has 0 atom stereocenters. The largest absolute Gasteiger partial charge is 0.496 e. The highest BCUT2D eigenvalue weighted by atomic mass is 79.9. The molecule has 0 radical (unpaired) electrons. The molecule has 2 aromatic heterocycles. The maximum Gasteiger partial charge on any atom is 0.262 e. The average Bonchev–Trinajstić information content (AvgIpc) is 3.15. The number of hydrogen-bond acceptors (Lipinski definition) is 6. The molecule has 1 aromatic carbocycles. The molecule has 0 aliphatic carbocycles. The Kier molecular flexibility index (Phi) is 3.41. The third-order valence-electron chi connectivity index (χ3n) is 2.82. The monoisotopic (exact) mass is 345 g/mol. The van der Waals surface area contributed by atoms with Crippen LogP contribution in [-0.2, 0) is 0 Å². The summed E-state index contributed by atoms with van der Waals surface area (Å²) in [7, 11) is 1.59. The van der Waals surface area contributed by atoms with Crippen LogP contribution in [0.25, 0.3) is 22.8 Å². The van der Waals surface area contributed by atoms with Crippen molar-refractivity contribution in [2.45, 2.75) is 0 Å². The molecule has 21 heavy (non-hydrogen) atoms. The number of benzene rings is 1. The Morgan fingerprint density at radius 1 is 1.43 bits per heavy atom. The molecule has 0 aliphatic heterocycles. The van der Waals surface area contributed by atoms with Gasteiger partial charge in [0.25, 0.3) is 5.89 Å². The van der Waals surface area contributed by atoms with Gasteiger partial charge in [-0.15, -0.1) is 0 Å². The van der Waals surface area contributed by atoms with Crippen LogP contribution in [0.2, 0.25) is 0 Å². The van der Waals surface area contributed by atoms with Crippen LogP contribution in [0.5, 0.6) is 5.75 Å². The third kappa shape index (κ3) is 2.39. The first-order valence-corrected chi connectivity index (χ1v) is 6.63. The zero-order chi connectivity index (χ0) is 14.8. The fraction of sp³-hybridized carbons (Fsp3) is 0.0769. The van der Waals surface area contributed by atoms with E-state index in [4.69, 9.17) is 14.5 Å². The minimum Gasteiger partial charge on any atom is -0.496 e. The number of hydrogen-bond donors (Lipinski definition) is 1. The molecule has 3 aromatic rings. The van der Waals surface area contributed by atoms with Crippen molar-refractivity contribution in [2.24, 2.45) is 0 Å². The normalized spacial score (nSPS) is 10.3. The van der Waals surface area contributed by atoms with E-state index in [-0.39, 0.29) is 11.6 Å². The topological polar surface area (TPSA) is 101 Å². The summed E-state index contributed by atoms with van der Waals surface area (Å²) < 4.78 is 11.1. The molecular formula is C13H8BrN5O2. The molecule has 0 bridgehead atoms. The Morgan fingerprint density at radius 3 is 3.00 bits per heavy atom. The Balaban J connectivity index is 1.99. The van der Waals surface area contributed by atoms with E-state index in [2.05, 4.69) is 36.3 Å². The maximum atomic E-state index is 8.96. The number of nitriles is 1. The second kappa shape index (κ2) is 5.38. The third-order valence-corrected chi connectivity index (χ3v) is 3.44. The second-order valence-electron chi connectivity index (χ2n) is 4.04. The van der Waals surface area contributed by atoms with Crippen LogP contribution >= 0.6 is 15.9 Å².